The van der Waals surface area contributed by atoms with Crippen LogP contribution in [0.5, 0.6) is 5.75 Å². The predicted molar refractivity (Wildman–Crippen MR) is 103 cm³/mol. The first-order chi connectivity index (χ1) is 12.9. The van der Waals surface area contributed by atoms with Crippen molar-refractivity contribution in [3.8, 4) is 5.75 Å². The Labute approximate surface area is 159 Å². The summed E-state index contributed by atoms with van der Waals surface area (Å²) < 4.78 is 0. The second kappa shape index (κ2) is 6.41. The van der Waals surface area contributed by atoms with E-state index in [2.05, 4.69) is 0 Å². The van der Waals surface area contributed by atoms with Crippen LogP contribution in [0.2, 0.25) is 0 Å². The molecule has 27 heavy (non-hydrogen) atoms. The van der Waals surface area contributed by atoms with Crippen LogP contribution in [0.1, 0.15) is 69.7 Å². The van der Waals surface area contributed by atoms with Gasteiger partial charge in [-0.1, -0.05) is 38.1 Å². The summed E-state index contributed by atoms with van der Waals surface area (Å²) in [6, 6.07) is 9.76. The molecule has 0 bridgehead atoms. The van der Waals surface area contributed by atoms with Gasteiger partial charge in [-0.25, -0.2) is 0 Å². The molecule has 0 radical (unpaired) electrons. The molecule has 140 valence electrons. The molecule has 2 aromatic rings. The molecule has 0 saturated carbocycles. The highest BCUT2D eigenvalue weighted by molar-refractivity contribution is 6.07. The summed E-state index contributed by atoms with van der Waals surface area (Å²) in [5, 5.41) is 10.9. The maximum Gasteiger partial charge on any atom is 0.258 e. The smallest absolute Gasteiger partial charge is 0.258 e. The van der Waals surface area contributed by atoms with E-state index in [1.54, 1.807) is 15.9 Å². The van der Waals surface area contributed by atoms with Crippen LogP contribution in [-0.4, -0.2) is 33.3 Å². The third-order valence-electron chi connectivity index (χ3n) is 5.65. The van der Waals surface area contributed by atoms with Crippen LogP contribution < -0.4 is 0 Å². The second-order valence-corrected chi connectivity index (χ2v) is 7.62. The number of fused-ring (bicyclic) bond motifs is 2. The van der Waals surface area contributed by atoms with Gasteiger partial charge in [0.15, 0.2) is 0 Å². The number of aromatic hydroxyl groups is 1. The van der Waals surface area contributed by atoms with Crippen LogP contribution in [0.15, 0.2) is 30.3 Å². The molecule has 2 amide bonds. The molecule has 0 unspecified atom stereocenters. The summed E-state index contributed by atoms with van der Waals surface area (Å²) >= 11 is 0. The Hall–Kier alpha value is -2.82. The van der Waals surface area contributed by atoms with Crippen molar-refractivity contribution in [3.05, 3.63) is 63.7 Å². The summed E-state index contributed by atoms with van der Waals surface area (Å²) in [5.41, 5.74) is 4.62. The highest BCUT2D eigenvalue weighted by Gasteiger charge is 2.36. The molecule has 0 fully saturated rings. The average molecular weight is 364 g/mol. The summed E-state index contributed by atoms with van der Waals surface area (Å²) in [7, 11) is 0. The number of phenols is 1. The van der Waals surface area contributed by atoms with Crippen LogP contribution in [0.3, 0.4) is 0 Å². The van der Waals surface area contributed by atoms with Crippen molar-refractivity contribution in [3.63, 3.8) is 0 Å². The standard InChI is InChI=1S/C22H24N2O3/c1-4-23-12-18-16(13(2)3)9-17(20(25)19(18)22(23)27)21(26)24-10-14-7-5-6-8-15(14)11-24/h5-9,13,25H,4,10-12H2,1-3H3. The molecule has 0 atom stereocenters. The molecule has 1 N–H and O–H groups in total. The number of nitrogens with zero attached hydrogens (tertiary/aromatic N) is 2. The minimum atomic E-state index is -0.226. The van der Waals surface area contributed by atoms with Gasteiger partial charge in [-0.2, -0.15) is 0 Å². The number of hydrogen-bond acceptors (Lipinski definition) is 3. The van der Waals surface area contributed by atoms with Gasteiger partial charge in [-0.15, -0.1) is 0 Å². The molecular formula is C22H24N2O3. The largest absolute Gasteiger partial charge is 0.506 e. The number of benzene rings is 2. The Balaban J connectivity index is 1.76. The lowest BCUT2D eigenvalue weighted by Gasteiger charge is -2.20. The quantitative estimate of drug-likeness (QED) is 0.904. The lowest BCUT2D eigenvalue weighted by atomic mass is 9.91. The lowest BCUT2D eigenvalue weighted by molar-refractivity contribution is 0.0748. The van der Waals surface area contributed by atoms with Crippen molar-refractivity contribution >= 4 is 11.8 Å². The summed E-state index contributed by atoms with van der Waals surface area (Å²) in [6.45, 7) is 8.14. The summed E-state index contributed by atoms with van der Waals surface area (Å²) in [4.78, 5) is 29.4. The monoisotopic (exact) mass is 364 g/mol. The number of hydrogen-bond donors (Lipinski definition) is 1. The minimum Gasteiger partial charge on any atom is -0.506 e. The van der Waals surface area contributed by atoms with Gasteiger partial charge in [0, 0.05) is 26.2 Å². The SMILES string of the molecule is CCN1Cc2c(C(C)C)cc(C(=O)N3Cc4ccccc4C3)c(O)c2C1=O. The molecule has 0 spiro atoms. The van der Waals surface area contributed by atoms with E-state index in [-0.39, 0.29) is 29.0 Å². The van der Waals surface area contributed by atoms with Gasteiger partial charge >= 0.3 is 0 Å². The van der Waals surface area contributed by atoms with Crippen molar-refractivity contribution < 1.29 is 14.7 Å². The molecule has 2 aliphatic heterocycles. The van der Waals surface area contributed by atoms with Gasteiger partial charge in [-0.3, -0.25) is 9.59 Å². The van der Waals surface area contributed by atoms with E-state index in [4.69, 9.17) is 0 Å². The van der Waals surface area contributed by atoms with Crippen molar-refractivity contribution in [2.75, 3.05) is 6.54 Å². The zero-order chi connectivity index (χ0) is 19.3. The summed E-state index contributed by atoms with van der Waals surface area (Å²) in [6.07, 6.45) is 0. The van der Waals surface area contributed by atoms with Gasteiger partial charge in [0.1, 0.15) is 5.75 Å². The van der Waals surface area contributed by atoms with Gasteiger partial charge in [-0.05, 0) is 41.2 Å². The van der Waals surface area contributed by atoms with Gasteiger partial charge in [0.2, 0.25) is 0 Å². The number of carbonyl (C=O) groups excluding carboxylic acids is 2. The Morgan fingerprint density at radius 1 is 1.15 bits per heavy atom. The molecule has 0 saturated heterocycles. The number of carbonyl (C=O) groups is 2. The molecule has 2 aliphatic rings. The first kappa shape index (κ1) is 17.6. The van der Waals surface area contributed by atoms with Crippen LogP contribution >= 0.6 is 0 Å². The van der Waals surface area contributed by atoms with E-state index in [1.807, 2.05) is 45.0 Å². The third kappa shape index (κ3) is 2.69. The Bertz CT molecular complexity index is 924. The van der Waals surface area contributed by atoms with E-state index in [1.165, 1.54) is 0 Å². The van der Waals surface area contributed by atoms with E-state index in [0.29, 0.717) is 31.7 Å². The minimum absolute atomic E-state index is 0.159. The summed E-state index contributed by atoms with van der Waals surface area (Å²) in [5.74, 6) is -0.426. The number of rotatable bonds is 3. The second-order valence-electron chi connectivity index (χ2n) is 7.62. The molecule has 0 aliphatic carbocycles. The Kier molecular flexibility index (Phi) is 4.17. The van der Waals surface area contributed by atoms with Crippen LogP contribution in [-0.2, 0) is 19.6 Å². The third-order valence-corrected chi connectivity index (χ3v) is 5.65. The maximum atomic E-state index is 13.2. The van der Waals surface area contributed by atoms with Gasteiger partial charge in [0.25, 0.3) is 11.8 Å². The zero-order valence-corrected chi connectivity index (χ0v) is 16.0. The highest BCUT2D eigenvalue weighted by atomic mass is 16.3. The van der Waals surface area contributed by atoms with Gasteiger partial charge in [0.05, 0.1) is 11.1 Å². The van der Waals surface area contributed by atoms with Crippen LogP contribution in [0.25, 0.3) is 0 Å². The van der Waals surface area contributed by atoms with Crippen molar-refractivity contribution in [2.45, 2.75) is 46.3 Å². The van der Waals surface area contributed by atoms with E-state index in [0.717, 1.165) is 22.3 Å². The number of amides is 2. The van der Waals surface area contributed by atoms with E-state index >= 15 is 0 Å². The fourth-order valence-electron chi connectivity index (χ4n) is 4.14. The van der Waals surface area contributed by atoms with E-state index in [9.17, 15) is 14.7 Å². The fraction of sp³-hybridized carbons (Fsp3) is 0.364. The Morgan fingerprint density at radius 2 is 1.78 bits per heavy atom. The predicted octanol–water partition coefficient (Wildman–Crippen LogP) is 3.65. The van der Waals surface area contributed by atoms with Crippen LogP contribution in [0, 0.1) is 0 Å². The molecule has 0 aromatic heterocycles. The lowest BCUT2D eigenvalue weighted by Crippen LogP contribution is -2.26. The zero-order valence-electron chi connectivity index (χ0n) is 16.0. The topological polar surface area (TPSA) is 60.9 Å². The first-order valence-corrected chi connectivity index (χ1v) is 9.46. The molecule has 5 heteroatoms. The highest BCUT2D eigenvalue weighted by Crippen LogP contribution is 2.39. The number of phenolic OH excluding ortho intramolecular Hbond substituents is 1. The normalized spacial score (nSPS) is 15.5. The molecule has 2 aromatic carbocycles. The molecular weight excluding hydrogens is 340 g/mol. The van der Waals surface area contributed by atoms with Gasteiger partial charge < -0.3 is 14.9 Å². The molecule has 4 rings (SSSR count). The van der Waals surface area contributed by atoms with Crippen molar-refractivity contribution in [2.24, 2.45) is 0 Å². The fourth-order valence-corrected chi connectivity index (χ4v) is 4.14. The first-order valence-electron chi connectivity index (χ1n) is 9.46. The van der Waals surface area contributed by atoms with Crippen molar-refractivity contribution in [1.82, 2.24) is 9.80 Å². The molecule has 5 nitrogen and oxygen atoms in total. The van der Waals surface area contributed by atoms with Crippen molar-refractivity contribution in [1.29, 1.82) is 0 Å². The maximum absolute atomic E-state index is 13.2. The average Bonchev–Trinajstić information content (AvgIpc) is 3.22. The Morgan fingerprint density at radius 3 is 2.33 bits per heavy atom. The van der Waals surface area contributed by atoms with E-state index < -0.39 is 0 Å². The molecule has 2 heterocycles. The van der Waals surface area contributed by atoms with Crippen LogP contribution in [0.4, 0.5) is 0 Å².